The van der Waals surface area contributed by atoms with Crippen molar-refractivity contribution in [1.29, 1.82) is 0 Å². The maximum atomic E-state index is 12.1. The summed E-state index contributed by atoms with van der Waals surface area (Å²) < 4.78 is 6.07. The van der Waals surface area contributed by atoms with Gasteiger partial charge in [0.15, 0.2) is 0 Å². The van der Waals surface area contributed by atoms with E-state index in [2.05, 4.69) is 21.2 Å². The number of carboxylic acids is 1. The number of nitrogens with zero attached hydrogens (tertiary/aromatic N) is 1. The van der Waals surface area contributed by atoms with Gasteiger partial charge in [-0.2, -0.15) is 0 Å². The normalized spacial score (nSPS) is 15.5. The van der Waals surface area contributed by atoms with Gasteiger partial charge in [-0.25, -0.2) is 4.79 Å². The van der Waals surface area contributed by atoms with Gasteiger partial charge < -0.3 is 20.1 Å². The van der Waals surface area contributed by atoms with Crippen molar-refractivity contribution < 1.29 is 19.4 Å². The van der Waals surface area contributed by atoms with Crippen LogP contribution in [0.15, 0.2) is 22.7 Å². The Bertz CT molecular complexity index is 556. The largest absolute Gasteiger partial charge is 0.497 e. The Morgan fingerprint density at radius 3 is 2.68 bits per heavy atom. The van der Waals surface area contributed by atoms with E-state index in [1.165, 1.54) is 0 Å². The lowest BCUT2D eigenvalue weighted by atomic mass is 9.97. The zero-order valence-corrected chi connectivity index (χ0v) is 13.9. The van der Waals surface area contributed by atoms with E-state index in [0.717, 1.165) is 15.8 Å². The van der Waals surface area contributed by atoms with Crippen molar-refractivity contribution in [2.75, 3.05) is 20.2 Å². The third-order valence-electron chi connectivity index (χ3n) is 3.81. The molecule has 1 saturated heterocycles. The van der Waals surface area contributed by atoms with Crippen LogP contribution in [0.25, 0.3) is 0 Å². The molecule has 6 nitrogen and oxygen atoms in total. The van der Waals surface area contributed by atoms with Gasteiger partial charge in [0.2, 0.25) is 0 Å². The first kappa shape index (κ1) is 16.6. The molecule has 1 heterocycles. The van der Waals surface area contributed by atoms with Gasteiger partial charge in [-0.3, -0.25) is 4.79 Å². The highest BCUT2D eigenvalue weighted by Crippen LogP contribution is 2.22. The number of aliphatic carboxylic acids is 1. The molecule has 0 aliphatic carbocycles. The number of piperidine rings is 1. The molecule has 120 valence electrons. The molecule has 1 aliphatic rings. The molecule has 1 aliphatic heterocycles. The van der Waals surface area contributed by atoms with Crippen molar-refractivity contribution in [1.82, 2.24) is 10.2 Å². The van der Waals surface area contributed by atoms with Crippen molar-refractivity contribution in [2.45, 2.75) is 19.4 Å². The number of carbonyl (C=O) groups is 2. The van der Waals surface area contributed by atoms with E-state index in [0.29, 0.717) is 32.5 Å². The summed E-state index contributed by atoms with van der Waals surface area (Å²) in [6, 6.07) is 5.41. The summed E-state index contributed by atoms with van der Waals surface area (Å²) in [6.45, 7) is 1.33. The average Bonchev–Trinajstić information content (AvgIpc) is 2.54. The average molecular weight is 371 g/mol. The summed E-state index contributed by atoms with van der Waals surface area (Å²) in [7, 11) is 1.60. The van der Waals surface area contributed by atoms with Gasteiger partial charge >= 0.3 is 12.0 Å². The predicted octanol–water partition coefficient (Wildman–Crippen LogP) is 2.46. The molecule has 1 aromatic carbocycles. The van der Waals surface area contributed by atoms with Crippen molar-refractivity contribution in [3.05, 3.63) is 28.2 Å². The number of ether oxygens (including phenoxy) is 1. The Balaban J connectivity index is 1.87. The van der Waals surface area contributed by atoms with Crippen molar-refractivity contribution in [3.63, 3.8) is 0 Å². The molecule has 0 saturated carbocycles. The number of hydrogen-bond acceptors (Lipinski definition) is 3. The van der Waals surface area contributed by atoms with Crippen LogP contribution >= 0.6 is 15.9 Å². The number of amides is 2. The molecule has 2 amide bonds. The molecule has 1 aromatic rings. The first-order valence-electron chi connectivity index (χ1n) is 7.09. The second-order valence-corrected chi connectivity index (χ2v) is 6.07. The second-order valence-electron chi connectivity index (χ2n) is 5.22. The number of halogens is 1. The zero-order chi connectivity index (χ0) is 16.1. The van der Waals surface area contributed by atoms with E-state index in [9.17, 15) is 9.59 Å². The lowest BCUT2D eigenvalue weighted by Crippen LogP contribution is -2.45. The van der Waals surface area contributed by atoms with E-state index in [-0.39, 0.29) is 11.9 Å². The Morgan fingerprint density at radius 2 is 2.09 bits per heavy atom. The van der Waals surface area contributed by atoms with Crippen LogP contribution in [0.1, 0.15) is 18.4 Å². The maximum absolute atomic E-state index is 12.1. The highest BCUT2D eigenvalue weighted by molar-refractivity contribution is 9.10. The van der Waals surface area contributed by atoms with Crippen LogP contribution < -0.4 is 10.1 Å². The van der Waals surface area contributed by atoms with Gasteiger partial charge in [0.25, 0.3) is 0 Å². The fraction of sp³-hybridized carbons (Fsp3) is 0.467. The summed E-state index contributed by atoms with van der Waals surface area (Å²) in [5.41, 5.74) is 0.924. The molecule has 0 unspecified atom stereocenters. The summed E-state index contributed by atoms with van der Waals surface area (Å²) in [6.07, 6.45) is 1.01. The first-order valence-corrected chi connectivity index (χ1v) is 7.88. The summed E-state index contributed by atoms with van der Waals surface area (Å²) in [4.78, 5) is 24.7. The van der Waals surface area contributed by atoms with Crippen LogP contribution in [0.2, 0.25) is 0 Å². The Kier molecular flexibility index (Phi) is 5.65. The molecule has 0 aromatic heterocycles. The van der Waals surface area contributed by atoms with Crippen molar-refractivity contribution >= 4 is 27.9 Å². The summed E-state index contributed by atoms with van der Waals surface area (Å²) in [5, 5.41) is 11.8. The van der Waals surface area contributed by atoms with E-state index >= 15 is 0 Å². The standard InChI is InChI=1S/C15H19BrN2O4/c1-22-12-2-3-13(16)11(8-12)9-17-15(21)18-6-4-10(5-7-18)14(19)20/h2-3,8,10H,4-7,9H2,1H3,(H,17,21)(H,19,20). The molecular weight excluding hydrogens is 352 g/mol. The number of rotatable bonds is 4. The zero-order valence-electron chi connectivity index (χ0n) is 12.3. The number of hydrogen-bond donors (Lipinski definition) is 2. The molecule has 22 heavy (non-hydrogen) atoms. The molecule has 1 fully saturated rings. The number of methoxy groups -OCH3 is 1. The highest BCUT2D eigenvalue weighted by Gasteiger charge is 2.26. The Morgan fingerprint density at radius 1 is 1.41 bits per heavy atom. The molecule has 0 radical (unpaired) electrons. The van der Waals surface area contributed by atoms with E-state index in [4.69, 9.17) is 9.84 Å². The number of nitrogens with one attached hydrogen (secondary N) is 1. The van der Waals surface area contributed by atoms with Crippen molar-refractivity contribution in [3.8, 4) is 5.75 Å². The molecule has 0 spiro atoms. The van der Waals surface area contributed by atoms with Gasteiger partial charge in [-0.15, -0.1) is 0 Å². The maximum Gasteiger partial charge on any atom is 0.317 e. The van der Waals surface area contributed by atoms with Crippen LogP contribution in [-0.2, 0) is 11.3 Å². The van der Waals surface area contributed by atoms with Gasteiger partial charge in [-0.05, 0) is 36.6 Å². The molecule has 0 bridgehead atoms. The van der Waals surface area contributed by atoms with Gasteiger partial charge in [0.1, 0.15) is 5.75 Å². The van der Waals surface area contributed by atoms with Crippen LogP contribution in [0.4, 0.5) is 4.79 Å². The molecule has 2 N–H and O–H groups in total. The quantitative estimate of drug-likeness (QED) is 0.852. The molecule has 7 heteroatoms. The SMILES string of the molecule is COc1ccc(Br)c(CNC(=O)N2CCC(C(=O)O)CC2)c1. The van der Waals surface area contributed by atoms with Gasteiger partial charge in [-0.1, -0.05) is 15.9 Å². The molecule has 2 rings (SSSR count). The topological polar surface area (TPSA) is 78.9 Å². The minimum Gasteiger partial charge on any atom is -0.497 e. The number of likely N-dealkylation sites (tertiary alicyclic amines) is 1. The lowest BCUT2D eigenvalue weighted by Gasteiger charge is -2.30. The fourth-order valence-electron chi connectivity index (χ4n) is 2.43. The minimum atomic E-state index is -0.777. The third-order valence-corrected chi connectivity index (χ3v) is 4.59. The van der Waals surface area contributed by atoms with Gasteiger partial charge in [0.05, 0.1) is 13.0 Å². The van der Waals surface area contributed by atoms with Crippen LogP contribution in [0.3, 0.4) is 0 Å². The van der Waals surface area contributed by atoms with Crippen LogP contribution in [0.5, 0.6) is 5.75 Å². The van der Waals surface area contributed by atoms with E-state index < -0.39 is 5.97 Å². The van der Waals surface area contributed by atoms with E-state index in [1.54, 1.807) is 12.0 Å². The first-order chi connectivity index (χ1) is 10.5. The predicted molar refractivity (Wildman–Crippen MR) is 84.9 cm³/mol. The highest BCUT2D eigenvalue weighted by atomic mass is 79.9. The molecular formula is C15H19BrN2O4. The monoisotopic (exact) mass is 370 g/mol. The van der Waals surface area contributed by atoms with Crippen LogP contribution in [0, 0.1) is 5.92 Å². The number of carboxylic acid groups (broad SMARTS) is 1. The fourth-order valence-corrected chi connectivity index (χ4v) is 2.81. The number of urea groups is 1. The van der Waals surface area contributed by atoms with Crippen molar-refractivity contribution in [2.24, 2.45) is 5.92 Å². The minimum absolute atomic E-state index is 0.168. The smallest absolute Gasteiger partial charge is 0.317 e. The Hall–Kier alpha value is -1.76. The summed E-state index contributed by atoms with van der Waals surface area (Å²) >= 11 is 3.44. The number of benzene rings is 1. The second kappa shape index (κ2) is 7.49. The summed E-state index contributed by atoms with van der Waals surface area (Å²) in [5.74, 6) is -0.383. The molecule has 0 atom stereocenters. The third kappa shape index (κ3) is 4.13. The number of carbonyl (C=O) groups excluding carboxylic acids is 1. The lowest BCUT2D eigenvalue weighted by molar-refractivity contribution is -0.143. The van der Waals surface area contributed by atoms with Crippen LogP contribution in [-0.4, -0.2) is 42.2 Å². The van der Waals surface area contributed by atoms with Gasteiger partial charge in [0, 0.05) is 24.1 Å². The van der Waals surface area contributed by atoms with E-state index in [1.807, 2.05) is 18.2 Å². The Labute approximate surface area is 137 Å².